The maximum Gasteiger partial charge on any atom is 0.407 e. The summed E-state index contributed by atoms with van der Waals surface area (Å²) in [6.45, 7) is 7.21. The summed E-state index contributed by atoms with van der Waals surface area (Å²) in [7, 11) is 0. The van der Waals surface area contributed by atoms with E-state index in [2.05, 4.69) is 25.9 Å². The first-order chi connectivity index (χ1) is 22.4. The van der Waals surface area contributed by atoms with Crippen LogP contribution in [0.5, 0.6) is 0 Å². The van der Waals surface area contributed by atoms with Crippen molar-refractivity contribution in [3.05, 3.63) is 22.1 Å². The third-order valence-electron chi connectivity index (χ3n) is 7.46. The van der Waals surface area contributed by atoms with Crippen LogP contribution >= 0.6 is 0 Å². The molecule has 4 N–H and O–H groups in total. The average Bonchev–Trinajstić information content (AvgIpc) is 3.01. The zero-order chi connectivity index (χ0) is 33.5. The Morgan fingerprint density at radius 2 is 1.20 bits per heavy atom. The molecule has 1 heterocycles. The van der Waals surface area contributed by atoms with Crippen LogP contribution in [0.15, 0.2) is 10.9 Å². The minimum atomic E-state index is -0.388. The van der Waals surface area contributed by atoms with E-state index >= 15 is 0 Å². The number of ketones is 1. The Labute approximate surface area is 275 Å². The number of nitrogens with one attached hydrogen (secondary N) is 4. The number of H-pyrrole nitrogens is 1. The fraction of sp³-hybridized carbons (Fsp3) is 0.794. The summed E-state index contributed by atoms with van der Waals surface area (Å²) in [4.78, 5) is 53.6. The van der Waals surface area contributed by atoms with Crippen LogP contribution in [0.4, 0.5) is 15.5 Å². The van der Waals surface area contributed by atoms with Gasteiger partial charge in [0, 0.05) is 44.3 Å². The van der Waals surface area contributed by atoms with E-state index in [1.807, 2.05) is 6.92 Å². The lowest BCUT2D eigenvalue weighted by molar-refractivity contribution is -0.119. The Hall–Kier alpha value is -2.99. The maximum atomic E-state index is 12.2. The van der Waals surface area contributed by atoms with E-state index < -0.39 is 0 Å². The van der Waals surface area contributed by atoms with Crippen molar-refractivity contribution in [2.75, 3.05) is 51.4 Å². The van der Waals surface area contributed by atoms with Gasteiger partial charge in [0.1, 0.15) is 12.4 Å². The van der Waals surface area contributed by atoms with Gasteiger partial charge in [0.05, 0.1) is 19.8 Å². The summed E-state index contributed by atoms with van der Waals surface area (Å²) in [6.07, 6.45) is 18.8. The first-order valence-corrected chi connectivity index (χ1v) is 17.6. The highest BCUT2D eigenvalue weighted by Gasteiger charge is 2.05. The van der Waals surface area contributed by atoms with E-state index in [9.17, 15) is 19.2 Å². The minimum absolute atomic E-state index is 0.141. The largest absolute Gasteiger partial charge is 0.447 e. The number of nitrogens with zero attached hydrogens (tertiary/aromatic N) is 1. The van der Waals surface area contributed by atoms with Crippen LogP contribution < -0.4 is 21.5 Å². The molecule has 0 fully saturated rings. The van der Waals surface area contributed by atoms with Crippen LogP contribution in [0.25, 0.3) is 0 Å². The van der Waals surface area contributed by atoms with Crippen LogP contribution in [0.2, 0.25) is 0 Å². The molecule has 12 nitrogen and oxygen atoms in total. The molecule has 0 spiro atoms. The molecule has 1 rings (SSSR count). The number of ether oxygens (including phenoxy) is 3. The predicted molar refractivity (Wildman–Crippen MR) is 181 cm³/mol. The molecule has 0 saturated carbocycles. The van der Waals surface area contributed by atoms with Crippen molar-refractivity contribution in [3.8, 4) is 0 Å². The van der Waals surface area contributed by atoms with Gasteiger partial charge < -0.3 is 24.8 Å². The second kappa shape index (κ2) is 29.4. The topological polar surface area (TPSA) is 161 Å². The Balaban J connectivity index is 1.77. The van der Waals surface area contributed by atoms with Crippen LogP contribution in [0.1, 0.15) is 128 Å². The SMILES string of the molecule is CCOCCOCCOC(=O)NCCCCCCCCCCCCCC(=O)CCCCCCCNC(=O)Nc1nc(C)cc(=O)[nH]1. The molecule has 1 aromatic rings. The smallest absolute Gasteiger partial charge is 0.407 e. The molecule has 46 heavy (non-hydrogen) atoms. The van der Waals surface area contributed by atoms with E-state index in [4.69, 9.17) is 14.2 Å². The number of aromatic nitrogens is 2. The molecule has 0 aromatic carbocycles. The Kier molecular flexibility index (Phi) is 26.2. The van der Waals surface area contributed by atoms with Crippen molar-refractivity contribution in [2.45, 2.75) is 129 Å². The van der Waals surface area contributed by atoms with E-state index in [0.29, 0.717) is 63.8 Å². The molecule has 0 aliphatic carbocycles. The van der Waals surface area contributed by atoms with Gasteiger partial charge in [-0.15, -0.1) is 0 Å². The van der Waals surface area contributed by atoms with Crippen molar-refractivity contribution in [2.24, 2.45) is 0 Å². The van der Waals surface area contributed by atoms with Gasteiger partial charge in [0.15, 0.2) is 0 Å². The molecule has 264 valence electrons. The zero-order valence-corrected chi connectivity index (χ0v) is 28.6. The normalized spacial score (nSPS) is 10.9. The Morgan fingerprint density at radius 1 is 0.696 bits per heavy atom. The van der Waals surface area contributed by atoms with Crippen molar-refractivity contribution >= 4 is 23.9 Å². The third kappa shape index (κ3) is 26.2. The molecule has 0 radical (unpaired) electrons. The quantitative estimate of drug-likeness (QED) is 0.0680. The van der Waals surface area contributed by atoms with Crippen LogP contribution in [-0.4, -0.2) is 74.0 Å². The number of alkyl carbamates (subject to hydrolysis) is 1. The number of urea groups is 1. The van der Waals surface area contributed by atoms with Crippen molar-refractivity contribution in [1.82, 2.24) is 20.6 Å². The predicted octanol–water partition coefficient (Wildman–Crippen LogP) is 6.57. The fourth-order valence-electron chi connectivity index (χ4n) is 4.93. The zero-order valence-electron chi connectivity index (χ0n) is 28.6. The molecule has 0 atom stereocenters. The molecule has 0 unspecified atom stereocenters. The fourth-order valence-corrected chi connectivity index (χ4v) is 4.93. The number of Topliss-reactive ketones (excluding diaryl/α,β-unsaturated/α-hetero) is 1. The standard InChI is InChI=1S/C34H61N5O7/c1-3-44-24-25-45-26-27-46-34(43)36-23-19-14-10-8-6-4-5-7-9-12-16-20-30(40)21-17-13-11-15-18-22-35-33(42)39-32-37-29(2)28-31(41)38-32/h28H,3-27H2,1-2H3,(H,36,43)(H3,35,37,38,39,41,42). The molecular formula is C34H61N5O7. The minimum Gasteiger partial charge on any atom is -0.447 e. The van der Waals surface area contributed by atoms with E-state index in [1.165, 1.54) is 51.0 Å². The van der Waals surface area contributed by atoms with Crippen LogP contribution in [0.3, 0.4) is 0 Å². The molecule has 0 aliphatic rings. The number of hydrogen-bond acceptors (Lipinski definition) is 8. The monoisotopic (exact) mass is 651 g/mol. The Bertz CT molecular complexity index is 989. The molecular weight excluding hydrogens is 590 g/mol. The van der Waals surface area contributed by atoms with Crippen LogP contribution in [0, 0.1) is 6.92 Å². The second-order valence-electron chi connectivity index (χ2n) is 11.7. The van der Waals surface area contributed by atoms with Gasteiger partial charge in [-0.1, -0.05) is 77.0 Å². The Morgan fingerprint density at radius 3 is 1.76 bits per heavy atom. The second-order valence-corrected chi connectivity index (χ2v) is 11.7. The average molecular weight is 652 g/mol. The van der Waals surface area contributed by atoms with Crippen molar-refractivity contribution < 1.29 is 28.6 Å². The molecule has 3 amide bonds. The third-order valence-corrected chi connectivity index (χ3v) is 7.46. The summed E-state index contributed by atoms with van der Waals surface area (Å²) < 4.78 is 15.5. The first-order valence-electron chi connectivity index (χ1n) is 17.6. The molecule has 0 saturated heterocycles. The number of rotatable bonds is 30. The summed E-state index contributed by atoms with van der Waals surface area (Å²) in [5, 5.41) is 8.08. The van der Waals surface area contributed by atoms with Gasteiger partial charge in [0.2, 0.25) is 5.95 Å². The lowest BCUT2D eigenvalue weighted by Gasteiger charge is -2.08. The van der Waals surface area contributed by atoms with Gasteiger partial charge in [-0.2, -0.15) is 0 Å². The highest BCUT2D eigenvalue weighted by molar-refractivity contribution is 5.87. The summed E-state index contributed by atoms with van der Waals surface area (Å²) in [5.41, 5.74) is 0.239. The van der Waals surface area contributed by atoms with Gasteiger partial charge >= 0.3 is 12.1 Å². The molecule has 12 heteroatoms. The van der Waals surface area contributed by atoms with E-state index in [1.54, 1.807) is 6.92 Å². The molecule has 0 aliphatic heterocycles. The number of aromatic amines is 1. The van der Waals surface area contributed by atoms with Gasteiger partial charge in [0.25, 0.3) is 5.56 Å². The summed E-state index contributed by atoms with van der Waals surface area (Å²) >= 11 is 0. The van der Waals surface area contributed by atoms with E-state index in [-0.39, 0.29) is 30.2 Å². The van der Waals surface area contributed by atoms with Gasteiger partial charge in [-0.05, 0) is 39.5 Å². The van der Waals surface area contributed by atoms with Crippen LogP contribution in [-0.2, 0) is 19.0 Å². The molecule has 1 aromatic heterocycles. The number of amides is 3. The number of aryl methyl sites for hydroxylation is 1. The number of unbranched alkanes of at least 4 members (excludes halogenated alkanes) is 14. The number of anilines is 1. The number of hydrogen-bond donors (Lipinski definition) is 4. The van der Waals surface area contributed by atoms with Gasteiger partial charge in [-0.25, -0.2) is 14.6 Å². The lowest BCUT2D eigenvalue weighted by atomic mass is 10.0. The number of carbonyl (C=O) groups excluding carboxylic acids is 3. The summed E-state index contributed by atoms with van der Waals surface area (Å²) in [6, 6.07) is 0.976. The highest BCUT2D eigenvalue weighted by Crippen LogP contribution is 2.13. The van der Waals surface area contributed by atoms with Gasteiger partial charge in [-0.3, -0.25) is 19.9 Å². The lowest BCUT2D eigenvalue weighted by Crippen LogP contribution is -2.31. The first kappa shape index (κ1) is 41.0. The number of carbonyl (C=O) groups is 3. The maximum absolute atomic E-state index is 12.2. The van der Waals surface area contributed by atoms with E-state index in [0.717, 1.165) is 57.8 Å². The highest BCUT2D eigenvalue weighted by atomic mass is 16.6. The van der Waals surface area contributed by atoms with Crippen molar-refractivity contribution in [1.29, 1.82) is 0 Å². The molecule has 0 bridgehead atoms. The van der Waals surface area contributed by atoms with Crippen molar-refractivity contribution in [3.63, 3.8) is 0 Å². The summed E-state index contributed by atoms with van der Waals surface area (Å²) in [5.74, 6) is 0.522.